The third kappa shape index (κ3) is 4.51. The Labute approximate surface area is 74.0 Å². The summed E-state index contributed by atoms with van der Waals surface area (Å²) in [6, 6.07) is 0. The molecule has 0 fully saturated rings. The molecule has 0 heterocycles. The van der Waals surface area contributed by atoms with Gasteiger partial charge in [0, 0.05) is 5.25 Å². The summed E-state index contributed by atoms with van der Waals surface area (Å²) in [4.78, 5) is 0. The molecular weight excluding hydrogens is 160 g/mol. The molecular formula is C8H18S2. The molecule has 10 heavy (non-hydrogen) atoms. The van der Waals surface area contributed by atoms with Gasteiger partial charge in [-0.2, -0.15) is 0 Å². The van der Waals surface area contributed by atoms with Crippen molar-refractivity contribution in [2.75, 3.05) is 0 Å². The van der Waals surface area contributed by atoms with Crippen LogP contribution in [-0.4, -0.2) is 5.25 Å². The second-order valence-corrected chi connectivity index (χ2v) is 4.97. The average molecular weight is 178 g/mol. The van der Waals surface area contributed by atoms with Crippen molar-refractivity contribution in [3.05, 3.63) is 0 Å². The molecule has 0 aromatic rings. The Bertz CT molecular complexity index is 79.3. The topological polar surface area (TPSA) is 0 Å². The zero-order valence-electron chi connectivity index (χ0n) is 7.29. The van der Waals surface area contributed by atoms with Gasteiger partial charge in [0.15, 0.2) is 0 Å². The molecule has 0 aliphatic carbocycles. The Hall–Kier alpha value is 0.700. The molecule has 0 radical (unpaired) electrons. The quantitative estimate of drug-likeness (QED) is 0.506. The van der Waals surface area contributed by atoms with Gasteiger partial charge in [-0.3, -0.25) is 0 Å². The van der Waals surface area contributed by atoms with Crippen LogP contribution in [0.5, 0.6) is 0 Å². The van der Waals surface area contributed by atoms with E-state index in [9.17, 15) is 0 Å². The van der Waals surface area contributed by atoms with Crippen molar-refractivity contribution in [2.24, 2.45) is 11.8 Å². The summed E-state index contributed by atoms with van der Waals surface area (Å²) in [5.74, 6) is 1.55. The van der Waals surface area contributed by atoms with Crippen molar-refractivity contribution in [1.29, 1.82) is 0 Å². The fraction of sp³-hybridized carbons (Fsp3) is 1.00. The average Bonchev–Trinajstić information content (AvgIpc) is 1.81. The highest BCUT2D eigenvalue weighted by Crippen LogP contribution is 2.28. The first-order chi connectivity index (χ1) is 4.57. The van der Waals surface area contributed by atoms with E-state index in [4.69, 9.17) is 0 Å². The molecule has 0 spiro atoms. The van der Waals surface area contributed by atoms with Gasteiger partial charge >= 0.3 is 0 Å². The zero-order chi connectivity index (χ0) is 8.15. The molecule has 0 nitrogen and oxygen atoms in total. The highest BCUT2D eigenvalue weighted by molar-refractivity contribution is 8.68. The van der Waals surface area contributed by atoms with Crippen LogP contribution in [0.3, 0.4) is 0 Å². The van der Waals surface area contributed by atoms with Gasteiger partial charge in [0.05, 0.1) is 0 Å². The van der Waals surface area contributed by atoms with Crippen LogP contribution >= 0.6 is 22.5 Å². The van der Waals surface area contributed by atoms with E-state index < -0.39 is 0 Å². The van der Waals surface area contributed by atoms with Crippen LogP contribution in [0.15, 0.2) is 0 Å². The van der Waals surface area contributed by atoms with Gasteiger partial charge in [-0.15, -0.1) is 11.7 Å². The van der Waals surface area contributed by atoms with Gasteiger partial charge in [0.25, 0.3) is 0 Å². The van der Waals surface area contributed by atoms with Gasteiger partial charge in [0.2, 0.25) is 0 Å². The molecule has 0 aromatic heterocycles. The third-order valence-corrected chi connectivity index (χ3v) is 3.40. The Morgan fingerprint density at radius 2 is 1.70 bits per heavy atom. The minimum Gasteiger partial charge on any atom is -0.111 e. The van der Waals surface area contributed by atoms with E-state index in [-0.39, 0.29) is 0 Å². The molecule has 1 atom stereocenters. The van der Waals surface area contributed by atoms with Crippen LogP contribution in [-0.2, 0) is 0 Å². The summed E-state index contributed by atoms with van der Waals surface area (Å²) in [6.07, 6.45) is 1.28. The normalized spacial score (nSPS) is 14.7. The highest BCUT2D eigenvalue weighted by Gasteiger charge is 2.13. The largest absolute Gasteiger partial charge is 0.111 e. The van der Waals surface area contributed by atoms with Crippen LogP contribution in [0.2, 0.25) is 0 Å². The maximum atomic E-state index is 4.25. The smallest absolute Gasteiger partial charge is 0.0174 e. The van der Waals surface area contributed by atoms with Crippen molar-refractivity contribution in [1.82, 2.24) is 0 Å². The van der Waals surface area contributed by atoms with Gasteiger partial charge < -0.3 is 0 Å². The van der Waals surface area contributed by atoms with E-state index in [0.29, 0.717) is 0 Å². The van der Waals surface area contributed by atoms with E-state index in [0.717, 1.165) is 17.1 Å². The minimum absolute atomic E-state index is 0.725. The van der Waals surface area contributed by atoms with Crippen LogP contribution in [0.4, 0.5) is 0 Å². The second-order valence-electron chi connectivity index (χ2n) is 3.52. The van der Waals surface area contributed by atoms with Gasteiger partial charge in [-0.25, -0.2) is 0 Å². The first-order valence-corrected chi connectivity index (χ1v) is 5.81. The van der Waals surface area contributed by atoms with Crippen molar-refractivity contribution >= 4 is 22.5 Å². The van der Waals surface area contributed by atoms with Gasteiger partial charge in [-0.05, 0) is 18.3 Å². The minimum atomic E-state index is 0.725. The lowest BCUT2D eigenvalue weighted by atomic mass is 10.0. The molecule has 0 saturated carbocycles. The summed E-state index contributed by atoms with van der Waals surface area (Å²) in [7, 11) is 1.70. The van der Waals surface area contributed by atoms with Gasteiger partial charge in [0.1, 0.15) is 0 Å². The predicted molar refractivity (Wildman–Crippen MR) is 54.7 cm³/mol. The number of hydrogen-bond acceptors (Lipinski definition) is 2. The Kier molecular flexibility index (Phi) is 5.74. The van der Waals surface area contributed by atoms with E-state index >= 15 is 0 Å². The van der Waals surface area contributed by atoms with E-state index in [1.807, 2.05) is 0 Å². The summed E-state index contributed by atoms with van der Waals surface area (Å²) in [5, 5.41) is 0.725. The lowest BCUT2D eigenvalue weighted by Crippen LogP contribution is -2.12. The number of rotatable bonds is 4. The van der Waals surface area contributed by atoms with E-state index in [1.165, 1.54) is 6.42 Å². The molecule has 1 unspecified atom stereocenters. The van der Waals surface area contributed by atoms with Gasteiger partial charge in [-0.1, -0.05) is 38.5 Å². The summed E-state index contributed by atoms with van der Waals surface area (Å²) >= 11 is 4.25. The van der Waals surface area contributed by atoms with Crippen LogP contribution in [0, 0.1) is 11.8 Å². The number of hydrogen-bond donors (Lipinski definition) is 1. The molecule has 0 rings (SSSR count). The van der Waals surface area contributed by atoms with Crippen LogP contribution < -0.4 is 0 Å². The molecule has 0 aromatic carbocycles. The Morgan fingerprint density at radius 1 is 1.20 bits per heavy atom. The maximum Gasteiger partial charge on any atom is 0.0174 e. The standard InChI is InChI=1S/C8H18S2/c1-6(2)5-8(10-9)7(3)4/h6-9H,5H2,1-4H3. The third-order valence-electron chi connectivity index (χ3n) is 1.58. The monoisotopic (exact) mass is 178 g/mol. The van der Waals surface area contributed by atoms with Crippen LogP contribution in [0.1, 0.15) is 34.1 Å². The molecule has 0 bridgehead atoms. The van der Waals surface area contributed by atoms with E-state index in [2.05, 4.69) is 39.4 Å². The maximum absolute atomic E-state index is 4.25. The Balaban J connectivity index is 3.60. The van der Waals surface area contributed by atoms with Crippen molar-refractivity contribution in [3.8, 4) is 0 Å². The first-order valence-electron chi connectivity index (χ1n) is 3.88. The SMILES string of the molecule is CC(C)CC(SS)C(C)C. The predicted octanol–water partition coefficient (Wildman–Crippen LogP) is 3.64. The van der Waals surface area contributed by atoms with Crippen molar-refractivity contribution < 1.29 is 0 Å². The summed E-state index contributed by atoms with van der Waals surface area (Å²) in [6.45, 7) is 9.05. The molecule has 0 amide bonds. The molecule has 0 N–H and O–H groups in total. The lowest BCUT2D eigenvalue weighted by molar-refractivity contribution is 0.491. The highest BCUT2D eigenvalue weighted by atomic mass is 33.1. The van der Waals surface area contributed by atoms with Crippen LogP contribution in [0.25, 0.3) is 0 Å². The molecule has 0 aliphatic heterocycles. The number of thiol groups is 1. The first kappa shape index (κ1) is 10.7. The molecule has 62 valence electrons. The van der Waals surface area contributed by atoms with Crippen molar-refractivity contribution in [3.63, 3.8) is 0 Å². The van der Waals surface area contributed by atoms with Crippen molar-refractivity contribution in [2.45, 2.75) is 39.4 Å². The second kappa shape index (κ2) is 5.36. The zero-order valence-corrected chi connectivity index (χ0v) is 9.01. The fourth-order valence-electron chi connectivity index (χ4n) is 0.902. The lowest BCUT2D eigenvalue weighted by Gasteiger charge is -2.19. The fourth-order valence-corrected chi connectivity index (χ4v) is 2.60. The molecule has 2 heteroatoms. The van der Waals surface area contributed by atoms with E-state index in [1.54, 1.807) is 10.8 Å². The summed E-state index contributed by atoms with van der Waals surface area (Å²) in [5.41, 5.74) is 0. The summed E-state index contributed by atoms with van der Waals surface area (Å²) < 4.78 is 0. The molecule has 0 aliphatic rings. The molecule has 0 saturated heterocycles. The Morgan fingerprint density at radius 3 is 1.80 bits per heavy atom.